The van der Waals surface area contributed by atoms with Gasteiger partial charge in [-0.05, 0) is 12.1 Å². The van der Waals surface area contributed by atoms with Crippen LogP contribution in [-0.2, 0) is 4.79 Å². The molecule has 22 heavy (non-hydrogen) atoms. The van der Waals surface area contributed by atoms with Gasteiger partial charge in [-0.3, -0.25) is 19.7 Å². The van der Waals surface area contributed by atoms with Gasteiger partial charge >= 0.3 is 5.97 Å². The van der Waals surface area contributed by atoms with Crippen LogP contribution in [0.25, 0.3) is 0 Å². The number of amides is 2. The van der Waals surface area contributed by atoms with E-state index in [0.29, 0.717) is 10.7 Å². The van der Waals surface area contributed by atoms with Gasteiger partial charge in [0.05, 0.1) is 6.42 Å². The van der Waals surface area contributed by atoms with Gasteiger partial charge in [0.15, 0.2) is 5.13 Å². The van der Waals surface area contributed by atoms with Gasteiger partial charge in [0.25, 0.3) is 11.8 Å². The Balaban J connectivity index is 1.92. The summed E-state index contributed by atoms with van der Waals surface area (Å²) in [5.74, 6) is -1.78. The van der Waals surface area contributed by atoms with Crippen LogP contribution in [0.5, 0.6) is 0 Å². The highest BCUT2D eigenvalue weighted by molar-refractivity contribution is 7.14. The summed E-state index contributed by atoms with van der Waals surface area (Å²) in [5, 5.41) is 15.3. The quantitative estimate of drug-likeness (QED) is 0.749. The Morgan fingerprint density at radius 1 is 1.14 bits per heavy atom. The number of nitrogens with one attached hydrogen (secondary N) is 2. The normalized spacial score (nSPS) is 10.0. The zero-order chi connectivity index (χ0) is 15.9. The minimum atomic E-state index is -0.991. The number of aromatic nitrogens is 1. The van der Waals surface area contributed by atoms with E-state index in [0.717, 1.165) is 11.3 Å². The molecule has 2 amide bonds. The van der Waals surface area contributed by atoms with Crippen LogP contribution in [-0.4, -0.2) is 34.4 Å². The second-order valence-electron chi connectivity index (χ2n) is 4.26. The third-order valence-electron chi connectivity index (χ3n) is 2.62. The van der Waals surface area contributed by atoms with Gasteiger partial charge in [-0.25, -0.2) is 4.98 Å². The molecule has 8 heteroatoms. The van der Waals surface area contributed by atoms with E-state index in [1.54, 1.807) is 30.3 Å². The topological polar surface area (TPSA) is 108 Å². The maximum Gasteiger partial charge on any atom is 0.305 e. The number of benzene rings is 1. The van der Waals surface area contributed by atoms with Crippen molar-refractivity contribution in [3.05, 3.63) is 47.0 Å². The molecule has 0 bridgehead atoms. The zero-order valence-corrected chi connectivity index (χ0v) is 12.2. The molecular formula is C14H13N3O4S. The number of carbonyl (C=O) groups is 3. The Morgan fingerprint density at radius 3 is 2.55 bits per heavy atom. The number of rotatable bonds is 6. The Kier molecular flexibility index (Phi) is 5.21. The maximum absolute atomic E-state index is 11.9. The van der Waals surface area contributed by atoms with Crippen molar-refractivity contribution < 1.29 is 19.5 Å². The summed E-state index contributed by atoms with van der Waals surface area (Å²) in [7, 11) is 0. The third kappa shape index (κ3) is 4.38. The number of carboxylic acid groups (broad SMARTS) is 1. The van der Waals surface area contributed by atoms with E-state index in [9.17, 15) is 14.4 Å². The number of hydrogen-bond acceptors (Lipinski definition) is 5. The number of aliphatic carboxylic acids is 1. The van der Waals surface area contributed by atoms with Crippen molar-refractivity contribution in [2.75, 3.05) is 11.9 Å². The third-order valence-corrected chi connectivity index (χ3v) is 3.38. The van der Waals surface area contributed by atoms with Crippen LogP contribution in [0.15, 0.2) is 35.7 Å². The smallest absolute Gasteiger partial charge is 0.305 e. The minimum Gasteiger partial charge on any atom is -0.481 e. The molecule has 1 heterocycles. The molecule has 1 aromatic heterocycles. The standard InChI is InChI=1S/C14H13N3O4S/c18-11(19)6-7-15-13(21)10-8-22-14(16-10)17-12(20)9-4-2-1-3-5-9/h1-5,8H,6-7H2,(H,15,21)(H,18,19)(H,16,17,20). The first-order chi connectivity index (χ1) is 10.6. The molecule has 114 valence electrons. The van der Waals surface area contributed by atoms with Crippen molar-refractivity contribution in [1.29, 1.82) is 0 Å². The van der Waals surface area contributed by atoms with Gasteiger partial charge in [0, 0.05) is 17.5 Å². The van der Waals surface area contributed by atoms with Crippen molar-refractivity contribution in [3.8, 4) is 0 Å². The molecule has 1 aromatic carbocycles. The molecule has 0 atom stereocenters. The molecule has 2 rings (SSSR count). The molecule has 0 saturated heterocycles. The first kappa shape index (κ1) is 15.6. The van der Waals surface area contributed by atoms with E-state index in [1.165, 1.54) is 5.38 Å². The summed E-state index contributed by atoms with van der Waals surface area (Å²) in [6.07, 6.45) is -0.159. The van der Waals surface area contributed by atoms with E-state index in [1.807, 2.05) is 0 Å². The second kappa shape index (κ2) is 7.32. The molecule has 7 nitrogen and oxygen atoms in total. The number of anilines is 1. The average molecular weight is 319 g/mol. The highest BCUT2D eigenvalue weighted by atomic mass is 32.1. The Hall–Kier alpha value is -2.74. The molecule has 3 N–H and O–H groups in total. The molecule has 0 unspecified atom stereocenters. The predicted molar refractivity (Wildman–Crippen MR) is 81.1 cm³/mol. The minimum absolute atomic E-state index is 0.0252. The molecule has 0 saturated carbocycles. The van der Waals surface area contributed by atoms with Crippen LogP contribution in [0.2, 0.25) is 0 Å². The Morgan fingerprint density at radius 2 is 1.86 bits per heavy atom. The van der Waals surface area contributed by atoms with Gasteiger partial charge in [0.1, 0.15) is 5.69 Å². The second-order valence-corrected chi connectivity index (χ2v) is 5.12. The lowest BCUT2D eigenvalue weighted by Crippen LogP contribution is -2.26. The predicted octanol–water partition coefficient (Wildman–Crippen LogP) is 1.60. The van der Waals surface area contributed by atoms with Crippen LogP contribution < -0.4 is 10.6 Å². The molecule has 0 aliphatic rings. The SMILES string of the molecule is O=C(O)CCNC(=O)c1csc(NC(=O)c2ccccc2)n1. The van der Waals surface area contributed by atoms with Gasteiger partial charge < -0.3 is 10.4 Å². The number of hydrogen-bond donors (Lipinski definition) is 3. The highest BCUT2D eigenvalue weighted by Crippen LogP contribution is 2.16. The van der Waals surface area contributed by atoms with Crippen LogP contribution in [0.3, 0.4) is 0 Å². The van der Waals surface area contributed by atoms with Crippen LogP contribution >= 0.6 is 11.3 Å². The Labute approximate surface area is 130 Å². The maximum atomic E-state index is 11.9. The summed E-state index contributed by atoms with van der Waals surface area (Å²) in [5.41, 5.74) is 0.629. The fraction of sp³-hybridized carbons (Fsp3) is 0.143. The van der Waals surface area contributed by atoms with E-state index >= 15 is 0 Å². The monoisotopic (exact) mass is 319 g/mol. The van der Waals surface area contributed by atoms with Crippen molar-refractivity contribution >= 4 is 34.3 Å². The van der Waals surface area contributed by atoms with Gasteiger partial charge in [-0.2, -0.15) is 0 Å². The molecule has 0 radical (unpaired) electrons. The molecular weight excluding hydrogens is 306 g/mol. The van der Waals surface area contributed by atoms with Crippen molar-refractivity contribution in [2.24, 2.45) is 0 Å². The van der Waals surface area contributed by atoms with E-state index in [4.69, 9.17) is 5.11 Å². The Bertz CT molecular complexity index is 684. The first-order valence-corrected chi connectivity index (χ1v) is 7.26. The number of nitrogens with zero attached hydrogens (tertiary/aromatic N) is 1. The summed E-state index contributed by atoms with van der Waals surface area (Å²) in [6, 6.07) is 8.64. The number of carboxylic acids is 1. The first-order valence-electron chi connectivity index (χ1n) is 6.38. The van der Waals surface area contributed by atoms with Crippen molar-refractivity contribution in [3.63, 3.8) is 0 Å². The summed E-state index contributed by atoms with van der Waals surface area (Å²) in [4.78, 5) is 38.0. The summed E-state index contributed by atoms with van der Waals surface area (Å²) in [6.45, 7) is 0.0252. The van der Waals surface area contributed by atoms with Gasteiger partial charge in [0.2, 0.25) is 0 Å². The van der Waals surface area contributed by atoms with Crippen LogP contribution in [0, 0.1) is 0 Å². The van der Waals surface area contributed by atoms with E-state index in [-0.39, 0.29) is 24.6 Å². The van der Waals surface area contributed by atoms with Crippen LogP contribution in [0.4, 0.5) is 5.13 Å². The number of thiazole rings is 1. The fourth-order valence-corrected chi connectivity index (χ4v) is 2.25. The fourth-order valence-electron chi connectivity index (χ4n) is 1.57. The van der Waals surface area contributed by atoms with E-state index in [2.05, 4.69) is 15.6 Å². The lowest BCUT2D eigenvalue weighted by Gasteiger charge is -2.01. The van der Waals surface area contributed by atoms with Crippen LogP contribution in [0.1, 0.15) is 27.3 Å². The average Bonchev–Trinajstić information content (AvgIpc) is 2.96. The number of carbonyl (C=O) groups excluding carboxylic acids is 2. The van der Waals surface area contributed by atoms with Gasteiger partial charge in [-0.15, -0.1) is 11.3 Å². The summed E-state index contributed by atoms with van der Waals surface area (Å²) >= 11 is 1.12. The lowest BCUT2D eigenvalue weighted by atomic mass is 10.2. The van der Waals surface area contributed by atoms with E-state index < -0.39 is 11.9 Å². The molecule has 0 aliphatic carbocycles. The molecule has 0 aliphatic heterocycles. The molecule has 0 fully saturated rings. The summed E-state index contributed by atoms with van der Waals surface area (Å²) < 4.78 is 0. The highest BCUT2D eigenvalue weighted by Gasteiger charge is 2.13. The van der Waals surface area contributed by atoms with Crippen molar-refractivity contribution in [1.82, 2.24) is 10.3 Å². The molecule has 2 aromatic rings. The van der Waals surface area contributed by atoms with Crippen molar-refractivity contribution in [2.45, 2.75) is 6.42 Å². The zero-order valence-electron chi connectivity index (χ0n) is 11.4. The lowest BCUT2D eigenvalue weighted by molar-refractivity contribution is -0.136. The largest absolute Gasteiger partial charge is 0.481 e. The molecule has 0 spiro atoms. The van der Waals surface area contributed by atoms with Gasteiger partial charge in [-0.1, -0.05) is 18.2 Å².